The lowest BCUT2D eigenvalue weighted by atomic mass is 9.69. The molecule has 0 spiro atoms. The maximum absolute atomic E-state index is 6.24. The lowest BCUT2D eigenvalue weighted by molar-refractivity contribution is -0.605. The number of nitrogens with zero attached hydrogens (tertiary/aromatic N) is 3. The lowest BCUT2D eigenvalue weighted by Crippen LogP contribution is -2.54. The topological polar surface area (TPSA) is 54.4 Å². The molecule has 0 aromatic carbocycles. The van der Waals surface area contributed by atoms with E-state index in [9.17, 15) is 0 Å². The molecule has 5 nitrogen and oxygen atoms in total. The number of hydrogen-bond acceptors (Lipinski definition) is 4. The van der Waals surface area contributed by atoms with Gasteiger partial charge in [0.1, 0.15) is 5.71 Å². The van der Waals surface area contributed by atoms with Gasteiger partial charge >= 0.3 is 5.11 Å². The maximum Gasteiger partial charge on any atom is 0.365 e. The minimum absolute atomic E-state index is 0.0872. The lowest BCUT2D eigenvalue weighted by Gasteiger charge is -2.38. The summed E-state index contributed by atoms with van der Waals surface area (Å²) in [6.07, 6.45) is 10.6. The Labute approximate surface area is 155 Å². The van der Waals surface area contributed by atoms with Crippen LogP contribution in [0.15, 0.2) is 24.5 Å². The predicted molar refractivity (Wildman–Crippen MR) is 104 cm³/mol. The third-order valence-corrected chi connectivity index (χ3v) is 5.88. The van der Waals surface area contributed by atoms with E-state index in [1.54, 1.807) is 7.11 Å². The molecule has 1 saturated heterocycles. The fraction of sp³-hybridized carbons (Fsp3) is 0.632. The molecule has 136 valence electrons. The molecule has 1 aliphatic heterocycles. The third kappa shape index (κ3) is 3.55. The average Bonchev–Trinajstić information content (AvgIpc) is 3.06. The van der Waals surface area contributed by atoms with E-state index in [0.717, 1.165) is 32.2 Å². The number of nitrogens with two attached hydrogens (primary N) is 1. The molecule has 1 aliphatic carbocycles. The second-order valence-electron chi connectivity index (χ2n) is 7.29. The van der Waals surface area contributed by atoms with E-state index in [1.165, 1.54) is 24.1 Å². The van der Waals surface area contributed by atoms with Gasteiger partial charge in [-0.3, -0.25) is 10.7 Å². The highest BCUT2D eigenvalue weighted by Gasteiger charge is 2.43. The summed E-state index contributed by atoms with van der Waals surface area (Å²) in [5, 5.41) is 2.77. The van der Waals surface area contributed by atoms with Crippen molar-refractivity contribution in [2.24, 2.45) is 5.73 Å². The molecule has 2 heterocycles. The van der Waals surface area contributed by atoms with Gasteiger partial charge in [0.2, 0.25) is 0 Å². The molecular formula is C19H29N4OS+. The molecule has 2 N–H and O–H groups in total. The summed E-state index contributed by atoms with van der Waals surface area (Å²) < 4.78 is 7.58. The summed E-state index contributed by atoms with van der Waals surface area (Å²) in [5.41, 5.74) is 8.71. The van der Waals surface area contributed by atoms with Gasteiger partial charge in [0, 0.05) is 38.1 Å². The highest BCUT2D eigenvalue weighted by atomic mass is 32.1. The van der Waals surface area contributed by atoms with E-state index in [2.05, 4.69) is 27.7 Å². The maximum atomic E-state index is 6.24. The van der Waals surface area contributed by atoms with E-state index < -0.39 is 0 Å². The number of rotatable bonds is 4. The largest absolute Gasteiger partial charge is 0.382 e. The van der Waals surface area contributed by atoms with E-state index in [-0.39, 0.29) is 5.41 Å². The van der Waals surface area contributed by atoms with Crippen molar-refractivity contribution in [3.05, 3.63) is 30.1 Å². The minimum atomic E-state index is -0.0872. The van der Waals surface area contributed by atoms with Gasteiger partial charge in [-0.2, -0.15) is 0 Å². The van der Waals surface area contributed by atoms with Crippen LogP contribution in [-0.4, -0.2) is 51.8 Å². The van der Waals surface area contributed by atoms with Crippen molar-refractivity contribution in [1.29, 1.82) is 0 Å². The zero-order valence-electron chi connectivity index (χ0n) is 15.3. The first-order valence-electron chi connectivity index (χ1n) is 9.20. The van der Waals surface area contributed by atoms with Gasteiger partial charge in [-0.1, -0.05) is 12.5 Å². The first kappa shape index (κ1) is 18.3. The quantitative estimate of drug-likeness (QED) is 0.660. The van der Waals surface area contributed by atoms with Crippen molar-refractivity contribution in [3.8, 4) is 0 Å². The van der Waals surface area contributed by atoms with Gasteiger partial charge in [-0.15, -0.1) is 4.68 Å². The van der Waals surface area contributed by atoms with E-state index in [4.69, 9.17) is 22.7 Å². The minimum Gasteiger partial charge on any atom is -0.382 e. The smallest absolute Gasteiger partial charge is 0.365 e. The van der Waals surface area contributed by atoms with Crippen LogP contribution >= 0.6 is 12.2 Å². The summed E-state index contributed by atoms with van der Waals surface area (Å²) in [7, 11) is 1.76. The van der Waals surface area contributed by atoms with Crippen LogP contribution < -0.4 is 5.73 Å². The molecule has 0 radical (unpaired) electrons. The number of methoxy groups -OCH3 is 1. The van der Waals surface area contributed by atoms with Crippen LogP contribution in [-0.2, 0) is 10.2 Å². The third-order valence-electron chi connectivity index (χ3n) is 5.70. The molecule has 0 amide bonds. The molecule has 2 atom stereocenters. The van der Waals surface area contributed by atoms with Crippen LogP contribution in [0.5, 0.6) is 0 Å². The van der Waals surface area contributed by atoms with Crippen molar-refractivity contribution in [3.63, 3.8) is 0 Å². The molecule has 0 bridgehead atoms. The first-order valence-corrected chi connectivity index (χ1v) is 9.60. The second-order valence-corrected chi connectivity index (χ2v) is 7.71. The molecule has 1 saturated carbocycles. The number of thiocarbonyl (C=S) groups is 1. The van der Waals surface area contributed by atoms with Gasteiger partial charge in [-0.05, 0) is 44.2 Å². The zero-order valence-corrected chi connectivity index (χ0v) is 16.1. The predicted octanol–water partition coefficient (Wildman–Crippen LogP) is 2.64. The molecule has 3 rings (SSSR count). The Morgan fingerprint density at radius 1 is 1.48 bits per heavy atom. The standard InChI is InChI=1S/C19H28N4OS/c1-19(15-7-5-11-21-13-15)10-4-3-9-17(19)23(18(20)25)22-12-6-8-16(22)14-24-2/h5,7,11,13,16H,3-4,6,8-10,12,14H2,1-2H3,(H-,20,25)/p+1/t16-,19?/m0/s1. The van der Waals surface area contributed by atoms with Gasteiger partial charge in [0.05, 0.1) is 24.6 Å². The number of hydrogen-bond donors (Lipinski definition) is 1. The zero-order chi connectivity index (χ0) is 17.9. The monoisotopic (exact) mass is 361 g/mol. The first-order chi connectivity index (χ1) is 12.1. The second kappa shape index (κ2) is 7.79. The van der Waals surface area contributed by atoms with E-state index in [0.29, 0.717) is 17.8 Å². The van der Waals surface area contributed by atoms with E-state index in [1.807, 2.05) is 18.5 Å². The summed E-state index contributed by atoms with van der Waals surface area (Å²) in [4.78, 5) is 4.36. The Morgan fingerprint density at radius 2 is 2.32 bits per heavy atom. The van der Waals surface area contributed by atoms with Crippen LogP contribution in [0, 0.1) is 0 Å². The summed E-state index contributed by atoms with van der Waals surface area (Å²) in [6.45, 7) is 3.99. The number of hydrazone groups is 1. The fourth-order valence-electron chi connectivity index (χ4n) is 4.39. The average molecular weight is 362 g/mol. The summed E-state index contributed by atoms with van der Waals surface area (Å²) in [5.74, 6) is 0. The Balaban J connectivity index is 2.09. The van der Waals surface area contributed by atoms with Crippen molar-refractivity contribution >= 4 is 23.0 Å². The molecule has 25 heavy (non-hydrogen) atoms. The van der Waals surface area contributed by atoms with Crippen LogP contribution in [0.2, 0.25) is 0 Å². The Morgan fingerprint density at radius 3 is 3.00 bits per heavy atom. The molecular weight excluding hydrogens is 332 g/mol. The number of pyridine rings is 1. The molecule has 1 aromatic heterocycles. The van der Waals surface area contributed by atoms with Crippen molar-refractivity contribution in [2.45, 2.75) is 56.9 Å². The van der Waals surface area contributed by atoms with Crippen molar-refractivity contribution < 1.29 is 9.42 Å². The molecule has 2 aliphatic rings. The van der Waals surface area contributed by atoms with Crippen LogP contribution in [0.4, 0.5) is 0 Å². The Bertz CT molecular complexity index is 648. The van der Waals surface area contributed by atoms with Crippen LogP contribution in [0.3, 0.4) is 0 Å². The van der Waals surface area contributed by atoms with Crippen molar-refractivity contribution in [2.75, 3.05) is 20.3 Å². The highest BCUT2D eigenvalue weighted by molar-refractivity contribution is 7.79. The van der Waals surface area contributed by atoms with Crippen LogP contribution in [0.25, 0.3) is 0 Å². The molecule has 1 aromatic rings. The SMILES string of the molecule is COC[C@@H]1CCCN1[N+](C(N)=S)=C1CCCCC1(C)c1cccnc1. The van der Waals surface area contributed by atoms with Gasteiger partial charge in [-0.25, -0.2) is 5.01 Å². The molecule has 6 heteroatoms. The van der Waals surface area contributed by atoms with Crippen LogP contribution in [0.1, 0.15) is 51.0 Å². The molecule has 1 unspecified atom stereocenters. The van der Waals surface area contributed by atoms with Crippen molar-refractivity contribution in [1.82, 2.24) is 9.99 Å². The number of hydrazine groups is 1. The Kier molecular flexibility index (Phi) is 5.69. The van der Waals surface area contributed by atoms with Gasteiger partial charge < -0.3 is 4.74 Å². The number of ether oxygens (including phenoxy) is 1. The highest BCUT2D eigenvalue weighted by Crippen LogP contribution is 2.37. The summed E-state index contributed by atoms with van der Waals surface area (Å²) in [6, 6.07) is 4.52. The fourth-order valence-corrected chi connectivity index (χ4v) is 4.61. The number of aromatic nitrogens is 1. The Hall–Kier alpha value is -1.53. The van der Waals surface area contributed by atoms with Gasteiger partial charge in [0.15, 0.2) is 0 Å². The molecule has 2 fully saturated rings. The summed E-state index contributed by atoms with van der Waals surface area (Å²) >= 11 is 5.51. The van der Waals surface area contributed by atoms with Gasteiger partial charge in [0.25, 0.3) is 0 Å². The van der Waals surface area contributed by atoms with E-state index >= 15 is 0 Å². The normalized spacial score (nSPS) is 28.9.